The molecule has 6 heteroatoms. The van der Waals surface area contributed by atoms with Gasteiger partial charge in [-0.1, -0.05) is 13.8 Å². The average molecular weight is 345 g/mol. The highest BCUT2D eigenvalue weighted by Gasteiger charge is 2.07. The first kappa shape index (κ1) is 18.1. The molecule has 0 saturated carbocycles. The monoisotopic (exact) mass is 345 g/mol. The third kappa shape index (κ3) is 5.77. The summed E-state index contributed by atoms with van der Waals surface area (Å²) < 4.78 is 0. The third-order valence-corrected chi connectivity index (χ3v) is 4.24. The van der Waals surface area contributed by atoms with Crippen LogP contribution in [0.5, 0.6) is 0 Å². The molecule has 0 aliphatic rings. The molecule has 0 aliphatic heterocycles. The van der Waals surface area contributed by atoms with Gasteiger partial charge >= 0.3 is 0 Å². The molecule has 0 unspecified atom stereocenters. The SMILES string of the molecule is CC(=O)Nc1ccc(-c2nc(CCNC(=O)CC(C)C)cs2)cc1. The molecule has 1 aromatic carbocycles. The second-order valence-electron chi connectivity index (χ2n) is 6.10. The van der Waals surface area contributed by atoms with Crippen LogP contribution in [-0.2, 0) is 16.0 Å². The zero-order chi connectivity index (χ0) is 17.5. The molecule has 5 nitrogen and oxygen atoms in total. The fourth-order valence-electron chi connectivity index (χ4n) is 2.23. The number of carbonyl (C=O) groups is 2. The number of anilines is 1. The van der Waals surface area contributed by atoms with Crippen LogP contribution in [0.25, 0.3) is 10.6 Å². The Morgan fingerprint density at radius 2 is 1.92 bits per heavy atom. The summed E-state index contributed by atoms with van der Waals surface area (Å²) in [6.07, 6.45) is 1.28. The number of amides is 2. The van der Waals surface area contributed by atoms with Crippen molar-refractivity contribution in [3.05, 3.63) is 35.3 Å². The van der Waals surface area contributed by atoms with Gasteiger partial charge in [0.15, 0.2) is 0 Å². The summed E-state index contributed by atoms with van der Waals surface area (Å²) in [7, 11) is 0. The first-order valence-corrected chi connectivity index (χ1v) is 8.91. The maximum atomic E-state index is 11.6. The van der Waals surface area contributed by atoms with E-state index in [-0.39, 0.29) is 11.8 Å². The minimum absolute atomic E-state index is 0.0844. The van der Waals surface area contributed by atoms with Crippen LogP contribution < -0.4 is 10.6 Å². The molecular weight excluding hydrogens is 322 g/mol. The first-order chi connectivity index (χ1) is 11.4. The molecule has 0 atom stereocenters. The van der Waals surface area contributed by atoms with Crippen molar-refractivity contribution in [1.82, 2.24) is 10.3 Å². The highest BCUT2D eigenvalue weighted by Crippen LogP contribution is 2.25. The Kier molecular flexibility index (Phi) is 6.49. The number of nitrogens with one attached hydrogen (secondary N) is 2. The molecule has 0 aliphatic carbocycles. The second kappa shape index (κ2) is 8.59. The molecule has 2 aromatic rings. The molecular formula is C18H23N3O2S. The Labute approximate surface area is 146 Å². The molecule has 1 aromatic heterocycles. The molecule has 2 N–H and O–H groups in total. The average Bonchev–Trinajstić information content (AvgIpc) is 2.95. The van der Waals surface area contributed by atoms with Gasteiger partial charge in [-0.25, -0.2) is 4.98 Å². The normalized spacial score (nSPS) is 10.7. The predicted octanol–water partition coefficient (Wildman–Crippen LogP) is 3.47. The van der Waals surface area contributed by atoms with Gasteiger partial charge in [0.1, 0.15) is 5.01 Å². The highest BCUT2D eigenvalue weighted by atomic mass is 32.1. The van der Waals surface area contributed by atoms with Gasteiger partial charge < -0.3 is 10.6 Å². The number of rotatable bonds is 7. The van der Waals surface area contributed by atoms with Crippen molar-refractivity contribution in [2.24, 2.45) is 5.92 Å². The third-order valence-electron chi connectivity index (χ3n) is 3.30. The van der Waals surface area contributed by atoms with Gasteiger partial charge in [0.05, 0.1) is 5.69 Å². The topological polar surface area (TPSA) is 71.1 Å². The van der Waals surface area contributed by atoms with Gasteiger partial charge in [-0.3, -0.25) is 9.59 Å². The van der Waals surface area contributed by atoms with E-state index in [4.69, 9.17) is 0 Å². The largest absolute Gasteiger partial charge is 0.356 e. The summed E-state index contributed by atoms with van der Waals surface area (Å²) in [6, 6.07) is 7.62. The Hall–Kier alpha value is -2.21. The summed E-state index contributed by atoms with van der Waals surface area (Å²) in [5.41, 5.74) is 2.77. The summed E-state index contributed by atoms with van der Waals surface area (Å²) in [4.78, 5) is 27.3. The van der Waals surface area contributed by atoms with Gasteiger partial charge in [0.25, 0.3) is 0 Å². The van der Waals surface area contributed by atoms with E-state index < -0.39 is 0 Å². The Balaban J connectivity index is 1.88. The fraction of sp³-hybridized carbons (Fsp3) is 0.389. The first-order valence-electron chi connectivity index (χ1n) is 8.03. The van der Waals surface area contributed by atoms with Crippen molar-refractivity contribution in [1.29, 1.82) is 0 Å². The smallest absolute Gasteiger partial charge is 0.221 e. The number of thiazole rings is 1. The van der Waals surface area contributed by atoms with E-state index >= 15 is 0 Å². The lowest BCUT2D eigenvalue weighted by molar-refractivity contribution is -0.121. The van der Waals surface area contributed by atoms with E-state index in [0.29, 0.717) is 18.9 Å². The van der Waals surface area contributed by atoms with E-state index in [9.17, 15) is 9.59 Å². The number of aromatic nitrogens is 1. The zero-order valence-corrected chi connectivity index (χ0v) is 15.1. The molecule has 24 heavy (non-hydrogen) atoms. The van der Waals surface area contributed by atoms with E-state index in [1.807, 2.05) is 43.5 Å². The fourth-order valence-corrected chi connectivity index (χ4v) is 3.09. The molecule has 1 heterocycles. The lowest BCUT2D eigenvalue weighted by atomic mass is 10.1. The summed E-state index contributed by atoms with van der Waals surface area (Å²) in [5, 5.41) is 8.62. The maximum Gasteiger partial charge on any atom is 0.221 e. The van der Waals surface area contributed by atoms with Gasteiger partial charge in [-0.05, 0) is 30.2 Å². The van der Waals surface area contributed by atoms with Crippen molar-refractivity contribution in [3.63, 3.8) is 0 Å². The van der Waals surface area contributed by atoms with E-state index in [1.165, 1.54) is 6.92 Å². The van der Waals surface area contributed by atoms with Crippen LogP contribution in [-0.4, -0.2) is 23.3 Å². The van der Waals surface area contributed by atoms with E-state index in [2.05, 4.69) is 15.6 Å². The quantitative estimate of drug-likeness (QED) is 0.807. The molecule has 0 saturated heterocycles. The van der Waals surface area contributed by atoms with Crippen LogP contribution in [0.15, 0.2) is 29.6 Å². The van der Waals surface area contributed by atoms with Crippen LogP contribution in [0, 0.1) is 5.92 Å². The van der Waals surface area contributed by atoms with Crippen molar-refractivity contribution < 1.29 is 9.59 Å². The van der Waals surface area contributed by atoms with Gasteiger partial charge in [-0.2, -0.15) is 0 Å². The number of nitrogens with zero attached hydrogens (tertiary/aromatic N) is 1. The number of carbonyl (C=O) groups excluding carboxylic acids is 2. The van der Waals surface area contributed by atoms with Crippen molar-refractivity contribution in [2.75, 3.05) is 11.9 Å². The second-order valence-corrected chi connectivity index (χ2v) is 6.96. The Bertz CT molecular complexity index is 693. The number of hydrogen-bond donors (Lipinski definition) is 2. The maximum absolute atomic E-state index is 11.6. The van der Waals surface area contributed by atoms with Crippen LogP contribution in [0.2, 0.25) is 0 Å². The van der Waals surface area contributed by atoms with Gasteiger partial charge in [0.2, 0.25) is 11.8 Å². The highest BCUT2D eigenvalue weighted by molar-refractivity contribution is 7.13. The Morgan fingerprint density at radius 3 is 2.54 bits per heavy atom. The van der Waals surface area contributed by atoms with Crippen molar-refractivity contribution in [2.45, 2.75) is 33.6 Å². The standard InChI is InChI=1S/C18H23N3O2S/c1-12(2)10-17(23)19-9-8-16-11-24-18(21-16)14-4-6-15(7-5-14)20-13(3)22/h4-7,11-12H,8-10H2,1-3H3,(H,19,23)(H,20,22). The zero-order valence-electron chi connectivity index (χ0n) is 14.3. The minimum Gasteiger partial charge on any atom is -0.356 e. The van der Waals surface area contributed by atoms with Crippen LogP contribution >= 0.6 is 11.3 Å². The van der Waals surface area contributed by atoms with Crippen LogP contribution in [0.4, 0.5) is 5.69 Å². The summed E-state index contributed by atoms with van der Waals surface area (Å²) in [5.74, 6) is 0.379. The number of hydrogen-bond acceptors (Lipinski definition) is 4. The van der Waals surface area contributed by atoms with Gasteiger partial charge in [-0.15, -0.1) is 11.3 Å². The van der Waals surface area contributed by atoms with Crippen molar-refractivity contribution >= 4 is 28.8 Å². The molecule has 128 valence electrons. The molecule has 2 amide bonds. The van der Waals surface area contributed by atoms with E-state index in [1.54, 1.807) is 11.3 Å². The minimum atomic E-state index is -0.0844. The molecule has 2 rings (SSSR count). The lowest BCUT2D eigenvalue weighted by Crippen LogP contribution is -2.26. The molecule has 0 radical (unpaired) electrons. The van der Waals surface area contributed by atoms with Crippen LogP contribution in [0.1, 0.15) is 32.9 Å². The predicted molar refractivity (Wildman–Crippen MR) is 98.0 cm³/mol. The van der Waals surface area contributed by atoms with Gasteiger partial charge in [0, 0.05) is 42.9 Å². The molecule has 0 fully saturated rings. The van der Waals surface area contributed by atoms with Crippen molar-refractivity contribution in [3.8, 4) is 10.6 Å². The Morgan fingerprint density at radius 1 is 1.21 bits per heavy atom. The molecule has 0 spiro atoms. The molecule has 0 bridgehead atoms. The summed E-state index contributed by atoms with van der Waals surface area (Å²) >= 11 is 1.58. The van der Waals surface area contributed by atoms with Crippen LogP contribution in [0.3, 0.4) is 0 Å². The summed E-state index contributed by atoms with van der Waals surface area (Å²) in [6.45, 7) is 6.16. The number of benzene rings is 1. The lowest BCUT2D eigenvalue weighted by Gasteiger charge is -2.05. The van der Waals surface area contributed by atoms with E-state index in [0.717, 1.165) is 28.4 Å².